The van der Waals surface area contributed by atoms with Crippen LogP contribution in [-0.4, -0.2) is 50.8 Å². The van der Waals surface area contributed by atoms with Crippen molar-refractivity contribution >= 4 is 35.0 Å². The van der Waals surface area contributed by atoms with Crippen molar-refractivity contribution in [2.24, 2.45) is 0 Å². The zero-order valence-corrected chi connectivity index (χ0v) is 26.0. The summed E-state index contributed by atoms with van der Waals surface area (Å²) in [6.07, 6.45) is 8.94. The van der Waals surface area contributed by atoms with Crippen LogP contribution in [0, 0.1) is 17.5 Å². The van der Waals surface area contributed by atoms with Crippen LogP contribution in [-0.2, 0) is 19.7 Å². The van der Waals surface area contributed by atoms with Crippen LogP contribution in [0.3, 0.4) is 0 Å². The zero-order chi connectivity index (χ0) is 34.4. The van der Waals surface area contributed by atoms with E-state index >= 15 is 13.2 Å². The SMILES string of the molecule is COC(=O)/C=C/c1cccc(C(C)(CCCCO)c2cnc(-c3cc(Oc4c(F)cc5[nH]ccc5c4/C=C/C(=O)O)ccc3F)[nH]2)c1F. The second-order valence-electron chi connectivity index (χ2n) is 11.2. The standard InChI is InChI=1S/C36H32F3N3O6/c1-36(15-3-4-17-43,26-7-5-6-21(33(26)39)8-13-32(46)47-2)30-20-41-35(42-30)25-18-22(9-11-27(25)37)48-34-24(10-12-31(44)45)23-14-16-40-29(23)19-28(34)38/h5-14,16,18-20,40,43H,3-4,15,17H2,1-2H3,(H,41,42)(H,44,45)/b12-10+,13-8+. The van der Waals surface area contributed by atoms with Gasteiger partial charge in [0.25, 0.3) is 0 Å². The van der Waals surface area contributed by atoms with E-state index in [9.17, 15) is 19.8 Å². The Hall–Kier alpha value is -5.62. The average Bonchev–Trinajstić information content (AvgIpc) is 3.75. The molecule has 12 heteroatoms. The number of nitrogens with zero attached hydrogens (tertiary/aromatic N) is 1. The molecule has 1 atom stereocenters. The Morgan fingerprint density at radius 2 is 1.83 bits per heavy atom. The molecule has 0 bridgehead atoms. The molecule has 0 spiro atoms. The largest absolute Gasteiger partial charge is 0.478 e. The summed E-state index contributed by atoms with van der Waals surface area (Å²) in [5.41, 5.74) is 0.462. The molecule has 2 aromatic heterocycles. The Bertz CT molecular complexity index is 2030. The van der Waals surface area contributed by atoms with Gasteiger partial charge in [0.1, 0.15) is 23.2 Å². The number of ether oxygens (including phenoxy) is 2. The van der Waals surface area contributed by atoms with Gasteiger partial charge in [0, 0.05) is 75.9 Å². The smallest absolute Gasteiger partial charge is 0.330 e. The number of benzene rings is 3. The summed E-state index contributed by atoms with van der Waals surface area (Å²) in [7, 11) is 1.22. The number of imidazole rings is 1. The number of unbranched alkanes of at least 4 members (excludes halogenated alkanes) is 1. The van der Waals surface area contributed by atoms with Crippen LogP contribution in [0.1, 0.15) is 48.6 Å². The topological polar surface area (TPSA) is 138 Å². The number of carboxylic acids is 1. The van der Waals surface area contributed by atoms with Gasteiger partial charge < -0.3 is 29.7 Å². The molecule has 9 nitrogen and oxygen atoms in total. The minimum atomic E-state index is -1.24. The maximum atomic E-state index is 16.0. The van der Waals surface area contributed by atoms with Gasteiger partial charge in [0.2, 0.25) is 0 Å². The van der Waals surface area contributed by atoms with E-state index in [1.807, 2.05) is 0 Å². The van der Waals surface area contributed by atoms with Gasteiger partial charge in [-0.25, -0.2) is 27.7 Å². The normalized spacial score (nSPS) is 13.0. The van der Waals surface area contributed by atoms with Gasteiger partial charge in [-0.2, -0.15) is 0 Å². The molecule has 0 saturated carbocycles. The summed E-state index contributed by atoms with van der Waals surface area (Å²) >= 11 is 0. The fourth-order valence-electron chi connectivity index (χ4n) is 5.54. The molecule has 0 aliphatic heterocycles. The van der Waals surface area contributed by atoms with Gasteiger partial charge in [0.15, 0.2) is 11.6 Å². The highest BCUT2D eigenvalue weighted by atomic mass is 19.1. The van der Waals surface area contributed by atoms with Gasteiger partial charge in [-0.1, -0.05) is 18.2 Å². The highest BCUT2D eigenvalue weighted by Crippen LogP contribution is 2.40. The number of aliphatic carboxylic acids is 1. The van der Waals surface area contributed by atoms with Crippen molar-refractivity contribution in [1.29, 1.82) is 0 Å². The molecule has 0 amide bonds. The van der Waals surface area contributed by atoms with Crippen LogP contribution in [0.2, 0.25) is 0 Å². The zero-order valence-electron chi connectivity index (χ0n) is 26.0. The van der Waals surface area contributed by atoms with Crippen molar-refractivity contribution in [3.05, 3.63) is 113 Å². The van der Waals surface area contributed by atoms with Crippen molar-refractivity contribution in [2.45, 2.75) is 31.6 Å². The minimum absolute atomic E-state index is 0.0162. The second kappa shape index (κ2) is 14.4. The number of aliphatic hydroxyl groups excluding tert-OH is 1. The first-order valence-corrected chi connectivity index (χ1v) is 15.0. The van der Waals surface area contributed by atoms with E-state index in [1.165, 1.54) is 49.7 Å². The van der Waals surface area contributed by atoms with Crippen molar-refractivity contribution in [1.82, 2.24) is 15.0 Å². The lowest BCUT2D eigenvalue weighted by Gasteiger charge is -2.30. The van der Waals surface area contributed by atoms with E-state index in [0.717, 1.165) is 18.2 Å². The molecule has 0 radical (unpaired) electrons. The fourth-order valence-corrected chi connectivity index (χ4v) is 5.54. The van der Waals surface area contributed by atoms with Crippen molar-refractivity contribution in [2.75, 3.05) is 13.7 Å². The third-order valence-corrected chi connectivity index (χ3v) is 8.09. The van der Waals surface area contributed by atoms with Gasteiger partial charge in [-0.15, -0.1) is 0 Å². The lowest BCUT2D eigenvalue weighted by atomic mass is 9.75. The first-order valence-electron chi connectivity index (χ1n) is 15.0. The summed E-state index contributed by atoms with van der Waals surface area (Å²) < 4.78 is 57.1. The lowest BCUT2D eigenvalue weighted by Crippen LogP contribution is -2.26. The molecule has 248 valence electrons. The van der Waals surface area contributed by atoms with Crippen molar-refractivity contribution in [3.8, 4) is 22.9 Å². The van der Waals surface area contributed by atoms with E-state index < -0.39 is 34.8 Å². The summed E-state index contributed by atoms with van der Waals surface area (Å²) in [4.78, 5) is 33.3. The number of esters is 1. The summed E-state index contributed by atoms with van der Waals surface area (Å²) in [5.74, 6) is -4.01. The second-order valence-corrected chi connectivity index (χ2v) is 11.2. The van der Waals surface area contributed by atoms with E-state index in [0.29, 0.717) is 35.9 Å². The summed E-state index contributed by atoms with van der Waals surface area (Å²) in [6, 6.07) is 11.4. The Kier molecular flexibility index (Phi) is 10.1. The lowest BCUT2D eigenvalue weighted by molar-refractivity contribution is -0.135. The van der Waals surface area contributed by atoms with Crippen molar-refractivity contribution < 1.29 is 42.4 Å². The van der Waals surface area contributed by atoms with Crippen LogP contribution in [0.15, 0.2) is 73.1 Å². The average molecular weight is 660 g/mol. The Morgan fingerprint density at radius 1 is 1.02 bits per heavy atom. The number of rotatable bonds is 13. The first-order chi connectivity index (χ1) is 23.0. The number of carbonyl (C=O) groups is 2. The van der Waals surface area contributed by atoms with Crippen LogP contribution in [0.25, 0.3) is 34.4 Å². The molecule has 1 unspecified atom stereocenters. The molecule has 5 rings (SSSR count). The molecular weight excluding hydrogens is 627 g/mol. The quantitative estimate of drug-likeness (QED) is 0.0583. The molecule has 0 saturated heterocycles. The molecule has 0 aliphatic carbocycles. The number of carbonyl (C=O) groups excluding carboxylic acids is 1. The van der Waals surface area contributed by atoms with Crippen LogP contribution < -0.4 is 4.74 Å². The van der Waals surface area contributed by atoms with Crippen LogP contribution in [0.4, 0.5) is 13.2 Å². The highest BCUT2D eigenvalue weighted by molar-refractivity contribution is 5.95. The van der Waals surface area contributed by atoms with Gasteiger partial charge in [-0.05, 0) is 62.6 Å². The minimum Gasteiger partial charge on any atom is -0.478 e. The Morgan fingerprint density at radius 3 is 2.58 bits per heavy atom. The van der Waals surface area contributed by atoms with Gasteiger partial charge in [-0.3, -0.25) is 0 Å². The van der Waals surface area contributed by atoms with Gasteiger partial charge >= 0.3 is 11.9 Å². The number of carboxylic acid groups (broad SMARTS) is 1. The van der Waals surface area contributed by atoms with E-state index in [-0.39, 0.29) is 46.2 Å². The number of H-pyrrole nitrogens is 2. The van der Waals surface area contributed by atoms with Crippen molar-refractivity contribution in [3.63, 3.8) is 0 Å². The third-order valence-electron chi connectivity index (χ3n) is 8.09. The summed E-state index contributed by atoms with van der Waals surface area (Å²) in [5, 5.41) is 19.1. The Balaban J connectivity index is 1.54. The number of aromatic amines is 2. The number of nitrogens with one attached hydrogen (secondary N) is 2. The molecule has 5 aromatic rings. The number of methoxy groups -OCH3 is 1. The number of aromatic nitrogens is 3. The maximum absolute atomic E-state index is 16.0. The first kappa shape index (κ1) is 33.7. The number of hydrogen-bond donors (Lipinski definition) is 4. The maximum Gasteiger partial charge on any atom is 0.330 e. The van der Waals surface area contributed by atoms with E-state index in [4.69, 9.17) is 4.74 Å². The highest BCUT2D eigenvalue weighted by Gasteiger charge is 2.34. The molecule has 48 heavy (non-hydrogen) atoms. The molecular formula is C36H32F3N3O6. The van der Waals surface area contributed by atoms with Crippen LogP contribution >= 0.6 is 0 Å². The predicted octanol–water partition coefficient (Wildman–Crippen LogP) is 7.52. The fraction of sp³-hybridized carbons (Fsp3) is 0.194. The number of aliphatic hydroxyl groups is 1. The van der Waals surface area contributed by atoms with E-state index in [1.54, 1.807) is 31.3 Å². The molecule has 2 heterocycles. The number of fused-ring (bicyclic) bond motifs is 1. The number of hydrogen-bond acceptors (Lipinski definition) is 6. The predicted molar refractivity (Wildman–Crippen MR) is 174 cm³/mol. The number of halogens is 3. The molecule has 4 N–H and O–H groups in total. The molecule has 0 fully saturated rings. The molecule has 3 aromatic carbocycles. The van der Waals surface area contributed by atoms with E-state index in [2.05, 4.69) is 19.7 Å². The Labute approximate surface area is 273 Å². The molecule has 0 aliphatic rings. The van der Waals surface area contributed by atoms with Gasteiger partial charge in [0.05, 0.1) is 12.7 Å². The third kappa shape index (κ3) is 7.03. The summed E-state index contributed by atoms with van der Waals surface area (Å²) in [6.45, 7) is 1.74. The monoisotopic (exact) mass is 659 g/mol. The van der Waals surface area contributed by atoms with Crippen LogP contribution in [0.5, 0.6) is 11.5 Å².